The zero-order chi connectivity index (χ0) is 19.4. The maximum atomic E-state index is 13.1. The Hall–Kier alpha value is -2.04. The van der Waals surface area contributed by atoms with Gasteiger partial charge in [-0.2, -0.15) is 0 Å². The lowest BCUT2D eigenvalue weighted by Crippen LogP contribution is -2.53. The molecule has 26 heavy (non-hydrogen) atoms. The molecule has 3 atom stereocenters. The molecule has 144 valence electrons. The summed E-state index contributed by atoms with van der Waals surface area (Å²) >= 11 is 0. The third-order valence-electron chi connectivity index (χ3n) is 5.08. The van der Waals surface area contributed by atoms with E-state index < -0.39 is 12.4 Å². The Balaban J connectivity index is 2.21. The molecule has 5 heteroatoms. The van der Waals surface area contributed by atoms with Crippen LogP contribution in [0.3, 0.4) is 0 Å². The lowest BCUT2D eigenvalue weighted by molar-refractivity contribution is -0.153. The van der Waals surface area contributed by atoms with Crippen LogP contribution >= 0.6 is 0 Å². The number of piperidine rings is 1. The summed E-state index contributed by atoms with van der Waals surface area (Å²) in [6.07, 6.45) is 0.589. The van der Waals surface area contributed by atoms with Gasteiger partial charge in [-0.3, -0.25) is 4.79 Å². The van der Waals surface area contributed by atoms with Gasteiger partial charge in [0.15, 0.2) is 6.23 Å². The quantitative estimate of drug-likeness (QED) is 0.750. The van der Waals surface area contributed by atoms with E-state index in [2.05, 4.69) is 26.0 Å². The molecule has 0 radical (unpaired) electrons. The van der Waals surface area contributed by atoms with Crippen LogP contribution in [0.2, 0.25) is 0 Å². The highest BCUT2D eigenvalue weighted by Gasteiger charge is 2.37. The van der Waals surface area contributed by atoms with Crippen LogP contribution in [-0.2, 0) is 20.7 Å². The molecule has 0 N–H and O–H groups in total. The lowest BCUT2D eigenvalue weighted by Gasteiger charge is -2.42. The average molecular weight is 361 g/mol. The van der Waals surface area contributed by atoms with Crippen LogP contribution < -0.4 is 0 Å². The van der Waals surface area contributed by atoms with Crippen LogP contribution in [0.1, 0.15) is 55.9 Å². The molecule has 1 aliphatic rings. The van der Waals surface area contributed by atoms with Gasteiger partial charge in [-0.1, -0.05) is 24.6 Å². The molecule has 0 bridgehead atoms. The zero-order valence-electron chi connectivity index (χ0n) is 16.8. The van der Waals surface area contributed by atoms with Gasteiger partial charge in [0.1, 0.15) is 0 Å². The van der Waals surface area contributed by atoms with E-state index in [1.807, 2.05) is 20.8 Å². The van der Waals surface area contributed by atoms with E-state index in [9.17, 15) is 9.59 Å². The van der Waals surface area contributed by atoms with Crippen molar-refractivity contribution in [3.63, 3.8) is 0 Å². The first kappa shape index (κ1) is 20.3. The normalized spacial score (nSPS) is 22.8. The Morgan fingerprint density at radius 2 is 1.73 bits per heavy atom. The predicted molar refractivity (Wildman–Crippen MR) is 101 cm³/mol. The molecule has 5 nitrogen and oxygen atoms in total. The van der Waals surface area contributed by atoms with Gasteiger partial charge in [0.05, 0.1) is 13.0 Å². The first-order valence-corrected chi connectivity index (χ1v) is 9.44. The van der Waals surface area contributed by atoms with Gasteiger partial charge in [-0.05, 0) is 63.6 Å². The van der Waals surface area contributed by atoms with Gasteiger partial charge in [0.2, 0.25) is 5.91 Å². The average Bonchev–Trinajstić information content (AvgIpc) is 2.50. The first-order chi connectivity index (χ1) is 12.2. The zero-order valence-corrected chi connectivity index (χ0v) is 16.8. The highest BCUT2D eigenvalue weighted by Crippen LogP contribution is 2.30. The van der Waals surface area contributed by atoms with E-state index in [0.29, 0.717) is 18.8 Å². The fourth-order valence-electron chi connectivity index (χ4n) is 4.04. The summed E-state index contributed by atoms with van der Waals surface area (Å²) < 4.78 is 10.4. The fraction of sp³-hybridized carbons (Fsp3) is 0.619. The van der Waals surface area contributed by atoms with E-state index in [1.165, 1.54) is 5.56 Å². The molecule has 1 heterocycles. The summed E-state index contributed by atoms with van der Waals surface area (Å²) in [4.78, 5) is 26.7. The Morgan fingerprint density at radius 3 is 2.31 bits per heavy atom. The van der Waals surface area contributed by atoms with Crippen molar-refractivity contribution in [1.29, 1.82) is 0 Å². The molecule has 3 unspecified atom stereocenters. The molecule has 1 fully saturated rings. The van der Waals surface area contributed by atoms with Crippen molar-refractivity contribution in [2.45, 2.75) is 73.1 Å². The van der Waals surface area contributed by atoms with Crippen LogP contribution in [0, 0.1) is 26.7 Å². The van der Waals surface area contributed by atoms with Gasteiger partial charge >= 0.3 is 6.16 Å². The van der Waals surface area contributed by atoms with Crippen molar-refractivity contribution in [3.05, 3.63) is 34.4 Å². The van der Waals surface area contributed by atoms with Crippen molar-refractivity contribution in [2.24, 2.45) is 5.92 Å². The van der Waals surface area contributed by atoms with Gasteiger partial charge < -0.3 is 14.4 Å². The summed E-state index contributed by atoms with van der Waals surface area (Å²) in [6.45, 7) is 12.3. The van der Waals surface area contributed by atoms with E-state index >= 15 is 0 Å². The number of aryl methyl sites for hydroxylation is 3. The summed E-state index contributed by atoms with van der Waals surface area (Å²) in [6, 6.07) is 4.23. The second kappa shape index (κ2) is 8.56. The molecule has 0 aliphatic carbocycles. The minimum atomic E-state index is -0.709. The Bertz CT molecular complexity index is 647. The highest BCUT2D eigenvalue weighted by molar-refractivity contribution is 5.80. The fourth-order valence-corrected chi connectivity index (χ4v) is 4.04. The maximum absolute atomic E-state index is 13.1. The van der Waals surface area contributed by atoms with Crippen molar-refractivity contribution in [2.75, 3.05) is 6.61 Å². The van der Waals surface area contributed by atoms with E-state index in [4.69, 9.17) is 9.47 Å². The number of likely N-dealkylation sites (tertiary alicyclic amines) is 1. The number of benzene rings is 1. The second-order valence-electron chi connectivity index (χ2n) is 7.54. The van der Waals surface area contributed by atoms with Crippen molar-refractivity contribution >= 4 is 12.1 Å². The van der Waals surface area contributed by atoms with Crippen LogP contribution in [0.5, 0.6) is 0 Å². The van der Waals surface area contributed by atoms with Gasteiger partial charge in [-0.15, -0.1) is 0 Å². The topological polar surface area (TPSA) is 55.8 Å². The molecule has 1 aromatic carbocycles. The van der Waals surface area contributed by atoms with Gasteiger partial charge in [0, 0.05) is 12.5 Å². The third kappa shape index (κ3) is 4.77. The smallest absolute Gasteiger partial charge is 0.435 e. The molecule has 1 saturated heterocycles. The molecule has 0 saturated carbocycles. The second-order valence-corrected chi connectivity index (χ2v) is 7.54. The third-order valence-corrected chi connectivity index (χ3v) is 5.08. The van der Waals surface area contributed by atoms with Crippen molar-refractivity contribution in [3.8, 4) is 0 Å². The van der Waals surface area contributed by atoms with Crippen molar-refractivity contribution in [1.82, 2.24) is 4.90 Å². The van der Waals surface area contributed by atoms with E-state index in [0.717, 1.165) is 23.1 Å². The molecule has 1 aliphatic heterocycles. The number of hydrogen-bond donors (Lipinski definition) is 0. The SMILES string of the molecule is CCOC(=O)OC1CC(C)CC(C)N1C(=O)Cc1c(C)cc(C)cc1C. The number of amides is 1. The largest absolute Gasteiger partial charge is 0.510 e. The standard InChI is InChI=1S/C21H31NO4/c1-7-25-21(24)26-20-11-14(3)10-17(6)22(20)19(23)12-18-15(4)8-13(2)9-16(18)5/h8-9,14,17,20H,7,10-12H2,1-6H3. The van der Waals surface area contributed by atoms with Crippen molar-refractivity contribution < 1.29 is 19.1 Å². The molecular formula is C21H31NO4. The Labute approximate surface area is 156 Å². The number of nitrogens with zero attached hydrogens (tertiary/aromatic N) is 1. The van der Waals surface area contributed by atoms with Gasteiger partial charge in [0.25, 0.3) is 0 Å². The van der Waals surface area contributed by atoms with Crippen LogP contribution in [0.4, 0.5) is 4.79 Å². The number of carbonyl (C=O) groups is 2. The van der Waals surface area contributed by atoms with E-state index in [1.54, 1.807) is 11.8 Å². The summed E-state index contributed by atoms with van der Waals surface area (Å²) in [5, 5.41) is 0. The number of rotatable bonds is 4. The number of hydrogen-bond acceptors (Lipinski definition) is 4. The molecular weight excluding hydrogens is 330 g/mol. The highest BCUT2D eigenvalue weighted by atomic mass is 16.7. The minimum Gasteiger partial charge on any atom is -0.435 e. The van der Waals surface area contributed by atoms with Crippen LogP contribution in [-0.4, -0.2) is 35.8 Å². The van der Waals surface area contributed by atoms with E-state index in [-0.39, 0.29) is 18.6 Å². The predicted octanol–water partition coefficient (Wildman–Crippen LogP) is 4.30. The lowest BCUT2D eigenvalue weighted by atomic mass is 9.90. The summed E-state index contributed by atoms with van der Waals surface area (Å²) in [5.41, 5.74) is 4.50. The number of carbonyl (C=O) groups excluding carboxylic acids is 2. The Kier molecular flexibility index (Phi) is 6.68. The van der Waals surface area contributed by atoms with Crippen LogP contribution in [0.15, 0.2) is 12.1 Å². The molecule has 1 amide bonds. The molecule has 2 rings (SSSR count). The minimum absolute atomic E-state index is 0.00579. The summed E-state index contributed by atoms with van der Waals surface area (Å²) in [7, 11) is 0. The Morgan fingerprint density at radius 1 is 1.12 bits per heavy atom. The first-order valence-electron chi connectivity index (χ1n) is 9.44. The van der Waals surface area contributed by atoms with Gasteiger partial charge in [-0.25, -0.2) is 4.79 Å². The summed E-state index contributed by atoms with van der Waals surface area (Å²) in [5.74, 6) is 0.380. The molecule has 0 aromatic heterocycles. The molecule has 1 aromatic rings. The van der Waals surface area contributed by atoms with Crippen LogP contribution in [0.25, 0.3) is 0 Å². The number of ether oxygens (including phenoxy) is 2. The monoisotopic (exact) mass is 361 g/mol. The maximum Gasteiger partial charge on any atom is 0.510 e. The molecule has 0 spiro atoms.